The first-order chi connectivity index (χ1) is 8.97. The van der Waals surface area contributed by atoms with Crippen molar-refractivity contribution >= 4 is 39.1 Å². The van der Waals surface area contributed by atoms with E-state index in [9.17, 15) is 0 Å². The standard InChI is InChI=1S/C14H12BrCl2NO/c1-8(18)11-4-2-9(15)6-14(11)19-13-5-3-10(16)7-12(13)17/h2-8H,18H2,1H3. The summed E-state index contributed by atoms with van der Waals surface area (Å²) in [7, 11) is 0. The summed E-state index contributed by atoms with van der Waals surface area (Å²) in [5.74, 6) is 1.22. The van der Waals surface area contributed by atoms with Crippen LogP contribution in [0.15, 0.2) is 40.9 Å². The van der Waals surface area contributed by atoms with Gasteiger partial charge in [0.2, 0.25) is 0 Å². The molecule has 1 atom stereocenters. The Morgan fingerprint density at radius 1 is 1.11 bits per heavy atom. The van der Waals surface area contributed by atoms with Gasteiger partial charge in [0.1, 0.15) is 11.5 Å². The van der Waals surface area contributed by atoms with E-state index in [1.54, 1.807) is 18.2 Å². The Morgan fingerprint density at radius 3 is 2.47 bits per heavy atom. The largest absolute Gasteiger partial charge is 0.455 e. The molecule has 1 unspecified atom stereocenters. The highest BCUT2D eigenvalue weighted by Gasteiger charge is 2.11. The van der Waals surface area contributed by atoms with Crippen molar-refractivity contribution in [1.29, 1.82) is 0 Å². The van der Waals surface area contributed by atoms with E-state index in [1.165, 1.54) is 0 Å². The van der Waals surface area contributed by atoms with Gasteiger partial charge in [0.25, 0.3) is 0 Å². The lowest BCUT2D eigenvalue weighted by Crippen LogP contribution is -2.06. The Bertz CT molecular complexity index is 602. The average Bonchev–Trinajstić information content (AvgIpc) is 2.32. The van der Waals surface area contributed by atoms with Gasteiger partial charge in [-0.2, -0.15) is 0 Å². The molecule has 2 aromatic rings. The monoisotopic (exact) mass is 359 g/mol. The van der Waals surface area contributed by atoms with E-state index in [4.69, 9.17) is 33.7 Å². The number of rotatable bonds is 3. The van der Waals surface area contributed by atoms with Crippen molar-refractivity contribution in [2.75, 3.05) is 0 Å². The van der Waals surface area contributed by atoms with Gasteiger partial charge in [-0.25, -0.2) is 0 Å². The highest BCUT2D eigenvalue weighted by molar-refractivity contribution is 9.10. The van der Waals surface area contributed by atoms with E-state index in [0.717, 1.165) is 10.0 Å². The van der Waals surface area contributed by atoms with Crippen molar-refractivity contribution in [3.8, 4) is 11.5 Å². The molecule has 0 aliphatic carbocycles. The molecule has 100 valence electrons. The van der Waals surface area contributed by atoms with Crippen LogP contribution in [0.4, 0.5) is 0 Å². The van der Waals surface area contributed by atoms with E-state index in [0.29, 0.717) is 21.5 Å². The molecule has 19 heavy (non-hydrogen) atoms. The van der Waals surface area contributed by atoms with Crippen molar-refractivity contribution < 1.29 is 4.74 Å². The molecule has 0 bridgehead atoms. The fourth-order valence-corrected chi connectivity index (χ4v) is 2.44. The van der Waals surface area contributed by atoms with E-state index in [-0.39, 0.29) is 6.04 Å². The Balaban J connectivity index is 2.39. The molecule has 0 saturated carbocycles. The predicted molar refractivity (Wildman–Crippen MR) is 83.3 cm³/mol. The fourth-order valence-electron chi connectivity index (χ4n) is 1.65. The van der Waals surface area contributed by atoms with Gasteiger partial charge in [-0.1, -0.05) is 45.2 Å². The summed E-state index contributed by atoms with van der Waals surface area (Å²) in [5, 5.41) is 1.03. The molecule has 0 spiro atoms. The van der Waals surface area contributed by atoms with E-state index in [2.05, 4.69) is 15.9 Å². The number of hydrogen-bond acceptors (Lipinski definition) is 2. The summed E-state index contributed by atoms with van der Waals surface area (Å²) in [6.45, 7) is 1.90. The molecule has 0 aliphatic rings. The van der Waals surface area contributed by atoms with E-state index >= 15 is 0 Å². The zero-order valence-electron chi connectivity index (χ0n) is 10.2. The first kappa shape index (κ1) is 14.7. The maximum Gasteiger partial charge on any atom is 0.146 e. The molecule has 0 saturated heterocycles. The zero-order valence-corrected chi connectivity index (χ0v) is 13.3. The third kappa shape index (κ3) is 3.63. The second-order valence-corrected chi connectivity index (χ2v) is 5.91. The Hall–Kier alpha value is -0.740. The minimum atomic E-state index is -0.130. The molecular formula is C14H12BrCl2NO. The molecule has 0 heterocycles. The van der Waals surface area contributed by atoms with Crippen molar-refractivity contribution in [2.24, 2.45) is 5.73 Å². The van der Waals surface area contributed by atoms with Crippen molar-refractivity contribution in [2.45, 2.75) is 13.0 Å². The molecule has 2 aromatic carbocycles. The Labute approximate surface area is 130 Å². The summed E-state index contributed by atoms with van der Waals surface area (Å²) in [6, 6.07) is 10.7. The fraction of sp³-hybridized carbons (Fsp3) is 0.143. The second kappa shape index (κ2) is 6.14. The van der Waals surface area contributed by atoms with Gasteiger partial charge in [-0.3, -0.25) is 0 Å². The van der Waals surface area contributed by atoms with Crippen LogP contribution in [0.1, 0.15) is 18.5 Å². The van der Waals surface area contributed by atoms with Gasteiger partial charge in [0.05, 0.1) is 5.02 Å². The van der Waals surface area contributed by atoms with Gasteiger partial charge in [0.15, 0.2) is 0 Å². The third-order valence-corrected chi connectivity index (χ3v) is 3.60. The molecule has 2 rings (SSSR count). The molecule has 5 heteroatoms. The van der Waals surface area contributed by atoms with Crippen molar-refractivity contribution in [3.63, 3.8) is 0 Å². The van der Waals surface area contributed by atoms with Crippen LogP contribution >= 0.6 is 39.1 Å². The zero-order chi connectivity index (χ0) is 14.0. The SMILES string of the molecule is CC(N)c1ccc(Br)cc1Oc1ccc(Cl)cc1Cl. The maximum atomic E-state index is 6.10. The minimum absolute atomic E-state index is 0.130. The van der Waals surface area contributed by atoms with Gasteiger partial charge in [-0.15, -0.1) is 0 Å². The molecule has 2 nitrogen and oxygen atoms in total. The first-order valence-electron chi connectivity index (χ1n) is 5.65. The van der Waals surface area contributed by atoms with Gasteiger partial charge in [0, 0.05) is 21.1 Å². The van der Waals surface area contributed by atoms with Crippen LogP contribution in [-0.2, 0) is 0 Å². The normalized spacial score (nSPS) is 12.3. The highest BCUT2D eigenvalue weighted by Crippen LogP contribution is 2.35. The van der Waals surface area contributed by atoms with Gasteiger partial charge >= 0.3 is 0 Å². The van der Waals surface area contributed by atoms with Crippen LogP contribution in [0.3, 0.4) is 0 Å². The van der Waals surface area contributed by atoms with E-state index in [1.807, 2.05) is 25.1 Å². The van der Waals surface area contributed by atoms with Crippen LogP contribution in [0.2, 0.25) is 10.0 Å². The smallest absolute Gasteiger partial charge is 0.146 e. The van der Waals surface area contributed by atoms with Crippen LogP contribution < -0.4 is 10.5 Å². The molecule has 0 fully saturated rings. The average molecular weight is 361 g/mol. The summed E-state index contributed by atoms with van der Waals surface area (Å²) >= 11 is 15.4. The Kier molecular flexibility index (Phi) is 4.74. The summed E-state index contributed by atoms with van der Waals surface area (Å²) in [5.41, 5.74) is 6.84. The number of benzene rings is 2. The van der Waals surface area contributed by atoms with Crippen LogP contribution in [0.5, 0.6) is 11.5 Å². The summed E-state index contributed by atoms with van der Waals surface area (Å²) in [6.07, 6.45) is 0. The quantitative estimate of drug-likeness (QED) is 0.776. The van der Waals surface area contributed by atoms with Gasteiger partial charge in [-0.05, 0) is 37.3 Å². The molecule has 2 N–H and O–H groups in total. The highest BCUT2D eigenvalue weighted by atomic mass is 79.9. The molecule has 0 radical (unpaired) electrons. The van der Waals surface area contributed by atoms with Crippen LogP contribution in [-0.4, -0.2) is 0 Å². The second-order valence-electron chi connectivity index (χ2n) is 4.15. The molecule has 0 amide bonds. The Morgan fingerprint density at radius 2 is 1.84 bits per heavy atom. The predicted octanol–water partition coefficient (Wildman–Crippen LogP) is 5.57. The summed E-state index contributed by atoms with van der Waals surface area (Å²) < 4.78 is 6.75. The molecule has 0 aliphatic heterocycles. The van der Waals surface area contributed by atoms with Crippen LogP contribution in [0, 0.1) is 0 Å². The number of ether oxygens (including phenoxy) is 1. The van der Waals surface area contributed by atoms with Crippen molar-refractivity contribution in [3.05, 3.63) is 56.5 Å². The van der Waals surface area contributed by atoms with E-state index < -0.39 is 0 Å². The summed E-state index contributed by atoms with van der Waals surface area (Å²) in [4.78, 5) is 0. The first-order valence-corrected chi connectivity index (χ1v) is 7.20. The van der Waals surface area contributed by atoms with Crippen molar-refractivity contribution in [1.82, 2.24) is 0 Å². The molecular weight excluding hydrogens is 349 g/mol. The number of halogens is 3. The van der Waals surface area contributed by atoms with Gasteiger partial charge < -0.3 is 10.5 Å². The third-order valence-electron chi connectivity index (χ3n) is 2.58. The number of hydrogen-bond donors (Lipinski definition) is 1. The minimum Gasteiger partial charge on any atom is -0.455 e. The molecule has 0 aromatic heterocycles. The number of nitrogens with two attached hydrogens (primary N) is 1. The maximum absolute atomic E-state index is 6.10. The lowest BCUT2D eigenvalue weighted by atomic mass is 10.1. The van der Waals surface area contributed by atoms with Crippen LogP contribution in [0.25, 0.3) is 0 Å². The lowest BCUT2D eigenvalue weighted by molar-refractivity contribution is 0.472. The lowest BCUT2D eigenvalue weighted by Gasteiger charge is -2.15. The topological polar surface area (TPSA) is 35.2 Å².